The Kier molecular flexibility index (Phi) is 6.89. The van der Waals surface area contributed by atoms with Gasteiger partial charge in [-0.05, 0) is 74.0 Å². The molecule has 0 bridgehead atoms. The zero-order valence-electron chi connectivity index (χ0n) is 19.3. The largest absolute Gasteiger partial charge is 0.496 e. The molecule has 1 aromatic heterocycles. The van der Waals surface area contributed by atoms with E-state index in [1.54, 1.807) is 31.4 Å². The monoisotopic (exact) mass is 474 g/mol. The number of carbonyl (C=O) groups is 1. The van der Waals surface area contributed by atoms with Crippen molar-refractivity contribution in [3.8, 4) is 5.75 Å². The summed E-state index contributed by atoms with van der Waals surface area (Å²) in [6.07, 6.45) is -1.66. The number of aromatic amines is 1. The normalized spacial score (nSPS) is 19.4. The third-order valence-corrected chi connectivity index (χ3v) is 6.89. The third kappa shape index (κ3) is 5.22. The maximum Gasteiger partial charge on any atom is 0.389 e. The van der Waals surface area contributed by atoms with Gasteiger partial charge in [-0.15, -0.1) is 0 Å². The molecule has 3 aromatic rings. The van der Waals surface area contributed by atoms with E-state index in [1.165, 1.54) is 0 Å². The predicted molar refractivity (Wildman–Crippen MR) is 124 cm³/mol. The van der Waals surface area contributed by atoms with Crippen LogP contribution in [0.15, 0.2) is 42.6 Å². The number of carboxylic acids is 1. The van der Waals surface area contributed by atoms with E-state index >= 15 is 0 Å². The van der Waals surface area contributed by atoms with E-state index < -0.39 is 18.6 Å². The summed E-state index contributed by atoms with van der Waals surface area (Å²) in [4.78, 5) is 16.8. The summed E-state index contributed by atoms with van der Waals surface area (Å²) < 4.78 is 44.3. The van der Waals surface area contributed by atoms with Gasteiger partial charge in [0, 0.05) is 41.7 Å². The summed E-state index contributed by atoms with van der Waals surface area (Å²) in [5, 5.41) is 10.3. The first-order valence-corrected chi connectivity index (χ1v) is 11.4. The number of piperidine rings is 1. The number of aromatic carboxylic acids is 1. The Morgan fingerprint density at radius 3 is 2.62 bits per heavy atom. The van der Waals surface area contributed by atoms with Crippen LogP contribution in [0.2, 0.25) is 0 Å². The van der Waals surface area contributed by atoms with Crippen molar-refractivity contribution in [1.29, 1.82) is 0 Å². The van der Waals surface area contributed by atoms with Gasteiger partial charge in [0.15, 0.2) is 0 Å². The minimum Gasteiger partial charge on any atom is -0.496 e. The number of hydrogen-bond acceptors (Lipinski definition) is 3. The number of ether oxygens (including phenoxy) is 1. The second kappa shape index (κ2) is 9.70. The van der Waals surface area contributed by atoms with E-state index in [9.17, 15) is 23.1 Å². The molecule has 2 aromatic carbocycles. The van der Waals surface area contributed by atoms with Gasteiger partial charge in [0.05, 0.1) is 12.7 Å². The Labute approximate surface area is 196 Å². The van der Waals surface area contributed by atoms with Crippen molar-refractivity contribution >= 4 is 16.9 Å². The lowest BCUT2D eigenvalue weighted by molar-refractivity contribution is -0.138. The van der Waals surface area contributed by atoms with Crippen LogP contribution in [0.4, 0.5) is 13.2 Å². The number of nitrogens with zero attached hydrogens (tertiary/aromatic N) is 1. The first kappa shape index (κ1) is 24.1. The van der Waals surface area contributed by atoms with Crippen molar-refractivity contribution in [2.24, 2.45) is 5.92 Å². The molecule has 4 rings (SSSR count). The van der Waals surface area contributed by atoms with Crippen LogP contribution in [0.5, 0.6) is 5.75 Å². The molecule has 8 heteroatoms. The van der Waals surface area contributed by atoms with E-state index in [1.807, 2.05) is 25.3 Å². The van der Waals surface area contributed by atoms with E-state index in [0.29, 0.717) is 25.9 Å². The number of benzene rings is 2. The number of alkyl halides is 3. The number of fused-ring (bicyclic) bond motifs is 1. The van der Waals surface area contributed by atoms with Gasteiger partial charge in [-0.25, -0.2) is 4.79 Å². The lowest BCUT2D eigenvalue weighted by Crippen LogP contribution is -2.37. The van der Waals surface area contributed by atoms with Gasteiger partial charge >= 0.3 is 12.1 Å². The van der Waals surface area contributed by atoms with Gasteiger partial charge in [0.1, 0.15) is 5.75 Å². The fourth-order valence-electron chi connectivity index (χ4n) is 5.08. The molecule has 0 saturated carbocycles. The minimum atomic E-state index is -4.16. The quantitative estimate of drug-likeness (QED) is 0.411. The standard InChI is InChI=1S/C26H29F3N2O3/c1-16-13-23(34-2)21(20-8-11-30-24(16)20)15-31-12-9-17(7-10-26(27,28)29)14-22(31)18-3-5-19(6-4-18)25(32)33/h3-6,8,11,13,17,22,30H,7,9-10,12,14-15H2,1-2H3,(H,32,33)/t17-,22+/m0/s1. The second-order valence-electron chi connectivity index (χ2n) is 9.10. The summed E-state index contributed by atoms with van der Waals surface area (Å²) in [5.41, 5.74) is 4.25. The lowest BCUT2D eigenvalue weighted by Gasteiger charge is -2.40. The Hall–Kier alpha value is -3.00. The summed E-state index contributed by atoms with van der Waals surface area (Å²) >= 11 is 0. The summed E-state index contributed by atoms with van der Waals surface area (Å²) in [6.45, 7) is 3.25. The Balaban J connectivity index is 1.65. The number of halogens is 3. The Morgan fingerprint density at radius 2 is 1.97 bits per heavy atom. The SMILES string of the molecule is COc1cc(C)c2[nH]ccc2c1CN1CC[C@H](CCC(F)(F)F)C[C@@H]1c1ccc(C(=O)O)cc1. The lowest BCUT2D eigenvalue weighted by atomic mass is 9.84. The molecule has 0 amide bonds. The molecular formula is C26H29F3N2O3. The smallest absolute Gasteiger partial charge is 0.389 e. The predicted octanol–water partition coefficient (Wildman–Crippen LogP) is 6.48. The molecule has 0 unspecified atom stereocenters. The van der Waals surface area contributed by atoms with Gasteiger partial charge in [0.2, 0.25) is 0 Å². The first-order chi connectivity index (χ1) is 16.2. The summed E-state index contributed by atoms with van der Waals surface area (Å²) in [5.74, 6) is -0.271. The zero-order valence-corrected chi connectivity index (χ0v) is 19.3. The minimum absolute atomic E-state index is 0.0470. The molecule has 1 fully saturated rings. The Bertz CT molecular complexity index is 1150. The van der Waals surface area contributed by atoms with Crippen LogP contribution in [-0.4, -0.2) is 40.8 Å². The fourth-order valence-corrected chi connectivity index (χ4v) is 5.08. The summed E-state index contributed by atoms with van der Waals surface area (Å²) in [7, 11) is 1.64. The van der Waals surface area contributed by atoms with Crippen LogP contribution < -0.4 is 4.74 Å². The number of H-pyrrole nitrogens is 1. The van der Waals surface area contributed by atoms with Crippen LogP contribution in [0.25, 0.3) is 10.9 Å². The summed E-state index contributed by atoms with van der Waals surface area (Å²) in [6, 6.07) is 10.6. The van der Waals surface area contributed by atoms with Crippen LogP contribution in [0.3, 0.4) is 0 Å². The average molecular weight is 475 g/mol. The highest BCUT2D eigenvalue weighted by molar-refractivity contribution is 5.88. The number of rotatable bonds is 7. The van der Waals surface area contributed by atoms with Crippen molar-refractivity contribution in [2.75, 3.05) is 13.7 Å². The number of likely N-dealkylation sites (tertiary alicyclic amines) is 1. The number of aryl methyl sites for hydroxylation is 1. The average Bonchev–Trinajstić information content (AvgIpc) is 3.30. The van der Waals surface area contributed by atoms with Crippen molar-refractivity contribution in [3.05, 3.63) is 64.8 Å². The van der Waals surface area contributed by atoms with Crippen molar-refractivity contribution in [3.63, 3.8) is 0 Å². The molecule has 182 valence electrons. The molecule has 2 heterocycles. The molecular weight excluding hydrogens is 445 g/mol. The first-order valence-electron chi connectivity index (χ1n) is 11.4. The Morgan fingerprint density at radius 1 is 1.24 bits per heavy atom. The molecule has 1 saturated heterocycles. The van der Waals surface area contributed by atoms with Crippen LogP contribution in [0.1, 0.15) is 58.8 Å². The number of hydrogen-bond donors (Lipinski definition) is 2. The highest BCUT2D eigenvalue weighted by Crippen LogP contribution is 2.41. The number of carboxylic acid groups (broad SMARTS) is 1. The molecule has 2 atom stereocenters. The maximum absolute atomic E-state index is 12.9. The second-order valence-corrected chi connectivity index (χ2v) is 9.10. The van der Waals surface area contributed by atoms with E-state index in [4.69, 9.17) is 4.74 Å². The molecule has 0 aliphatic carbocycles. The van der Waals surface area contributed by atoms with Crippen molar-refractivity contribution in [2.45, 2.75) is 51.4 Å². The highest BCUT2D eigenvalue weighted by Gasteiger charge is 2.34. The number of methoxy groups -OCH3 is 1. The molecule has 2 N–H and O–H groups in total. The van der Waals surface area contributed by atoms with Crippen LogP contribution in [0, 0.1) is 12.8 Å². The fraction of sp³-hybridized carbons (Fsp3) is 0.423. The molecule has 1 aliphatic heterocycles. The third-order valence-electron chi connectivity index (χ3n) is 6.89. The zero-order chi connectivity index (χ0) is 24.5. The van der Waals surface area contributed by atoms with Gasteiger partial charge < -0.3 is 14.8 Å². The number of nitrogens with one attached hydrogen (secondary N) is 1. The molecule has 1 aliphatic rings. The van der Waals surface area contributed by atoms with E-state index in [-0.39, 0.29) is 23.9 Å². The van der Waals surface area contributed by atoms with Crippen LogP contribution >= 0.6 is 0 Å². The highest BCUT2D eigenvalue weighted by atomic mass is 19.4. The molecule has 0 spiro atoms. The van der Waals surface area contributed by atoms with Crippen molar-refractivity contribution < 1.29 is 27.8 Å². The number of aromatic nitrogens is 1. The maximum atomic E-state index is 12.9. The topological polar surface area (TPSA) is 65.6 Å². The molecule has 5 nitrogen and oxygen atoms in total. The van der Waals surface area contributed by atoms with Crippen molar-refractivity contribution in [1.82, 2.24) is 9.88 Å². The van der Waals surface area contributed by atoms with Gasteiger partial charge in [-0.3, -0.25) is 4.90 Å². The van der Waals surface area contributed by atoms with Gasteiger partial charge in [0.25, 0.3) is 0 Å². The van der Waals surface area contributed by atoms with E-state index in [0.717, 1.165) is 33.3 Å². The van der Waals surface area contributed by atoms with Crippen LogP contribution in [-0.2, 0) is 6.54 Å². The van der Waals surface area contributed by atoms with Gasteiger partial charge in [-0.1, -0.05) is 12.1 Å². The molecule has 0 radical (unpaired) electrons. The van der Waals surface area contributed by atoms with E-state index in [2.05, 4.69) is 9.88 Å². The van der Waals surface area contributed by atoms with Gasteiger partial charge in [-0.2, -0.15) is 13.2 Å². The molecule has 34 heavy (non-hydrogen) atoms.